The number of ether oxygens (including phenoxy) is 2. The minimum absolute atomic E-state index is 0.107. The molecule has 0 heterocycles. The van der Waals surface area contributed by atoms with E-state index in [2.05, 4.69) is 39.0 Å². The molecule has 3 atom stereocenters. The lowest BCUT2D eigenvalue weighted by molar-refractivity contribution is -0.161. The van der Waals surface area contributed by atoms with Gasteiger partial charge in [0.05, 0.1) is 12.7 Å². The maximum atomic E-state index is 12.2. The molecule has 6 heteroatoms. The number of carbonyl (C=O) groups is 2. The van der Waals surface area contributed by atoms with Crippen LogP contribution in [0.5, 0.6) is 0 Å². The lowest BCUT2D eigenvalue weighted by Crippen LogP contribution is -2.28. The summed E-state index contributed by atoms with van der Waals surface area (Å²) in [6, 6.07) is 0. The van der Waals surface area contributed by atoms with Crippen LogP contribution < -0.4 is 0 Å². The highest BCUT2D eigenvalue weighted by Crippen LogP contribution is 2.16. The maximum Gasteiger partial charge on any atom is 0.306 e. The van der Waals surface area contributed by atoms with Gasteiger partial charge in [0.1, 0.15) is 6.61 Å². The number of rotatable bonds is 35. The molecule has 0 aliphatic heterocycles. The van der Waals surface area contributed by atoms with E-state index in [1.165, 1.54) is 83.5 Å². The Balaban J connectivity index is 3.71. The van der Waals surface area contributed by atoms with E-state index in [-0.39, 0.29) is 25.6 Å². The molecule has 0 aromatic rings. The first kappa shape index (κ1) is 47.6. The molecule has 0 spiro atoms. The number of carbonyl (C=O) groups excluding carboxylic acids is 2. The van der Waals surface area contributed by atoms with Gasteiger partial charge in [-0.3, -0.25) is 9.59 Å². The van der Waals surface area contributed by atoms with Crippen LogP contribution in [0.3, 0.4) is 0 Å². The van der Waals surface area contributed by atoms with E-state index in [0.717, 1.165) is 50.9 Å². The third-order valence-corrected chi connectivity index (χ3v) is 8.95. The van der Waals surface area contributed by atoms with Crippen molar-refractivity contribution in [2.45, 2.75) is 187 Å². The number of hydrogen-bond donors (Lipinski definition) is 2. The number of unbranched alkanes of at least 4 members (excludes halogenated alkanes) is 14. The van der Waals surface area contributed by atoms with E-state index >= 15 is 0 Å². The number of esters is 2. The predicted molar refractivity (Wildman–Crippen MR) is 211 cm³/mol. The largest absolute Gasteiger partial charge is 0.462 e. The second-order valence-corrected chi connectivity index (χ2v) is 13.8. The Morgan fingerprint density at radius 1 is 0.640 bits per heavy atom. The molecule has 2 unspecified atom stereocenters. The fraction of sp³-hybridized carbons (Fsp3) is 0.727. The smallest absolute Gasteiger partial charge is 0.306 e. The number of allylic oxidation sites excluding steroid dienone is 8. The molecule has 2 N–H and O–H groups in total. The van der Waals surface area contributed by atoms with Crippen LogP contribution in [0.2, 0.25) is 0 Å². The second kappa shape index (κ2) is 37.8. The maximum absolute atomic E-state index is 12.2. The van der Waals surface area contributed by atoms with Crippen molar-refractivity contribution in [3.63, 3.8) is 0 Å². The van der Waals surface area contributed by atoms with Crippen molar-refractivity contribution in [2.24, 2.45) is 5.92 Å². The summed E-state index contributed by atoms with van der Waals surface area (Å²) in [5.74, 6) is 0.196. The van der Waals surface area contributed by atoms with Crippen LogP contribution in [-0.4, -0.2) is 47.6 Å². The molecule has 0 radical (unpaired) electrons. The van der Waals surface area contributed by atoms with E-state index in [4.69, 9.17) is 9.47 Å². The van der Waals surface area contributed by atoms with Crippen LogP contribution in [0.15, 0.2) is 60.8 Å². The predicted octanol–water partition coefficient (Wildman–Crippen LogP) is 11.6. The minimum atomic E-state index is -0.822. The monoisotopic (exact) mass is 701 g/mol. The lowest BCUT2D eigenvalue weighted by atomic mass is 9.99. The second-order valence-electron chi connectivity index (χ2n) is 13.8. The van der Waals surface area contributed by atoms with E-state index in [0.29, 0.717) is 19.3 Å². The van der Waals surface area contributed by atoms with Crippen molar-refractivity contribution in [1.29, 1.82) is 0 Å². The van der Waals surface area contributed by atoms with Gasteiger partial charge in [0.15, 0.2) is 6.10 Å². The zero-order valence-electron chi connectivity index (χ0n) is 32.4. The van der Waals surface area contributed by atoms with Gasteiger partial charge in [-0.05, 0) is 50.9 Å². The Bertz CT molecular complexity index is 917. The summed E-state index contributed by atoms with van der Waals surface area (Å²) in [6.07, 6.45) is 44.5. The quantitative estimate of drug-likeness (QED) is 0.0296. The minimum Gasteiger partial charge on any atom is -0.462 e. The van der Waals surface area contributed by atoms with Gasteiger partial charge in [0.25, 0.3) is 0 Å². The SMILES string of the molecule is CC/C=C\C/C=C\CC(O)/C=C/C=C\C/C=C\CCCC(=O)O[C@@H](CO)COC(=O)CCCCCCCCCCCCCCCCC(C)CC. The number of hydrogen-bond acceptors (Lipinski definition) is 6. The molecule has 0 rings (SSSR count). The molecule has 6 nitrogen and oxygen atoms in total. The summed E-state index contributed by atoms with van der Waals surface area (Å²) < 4.78 is 10.5. The molecule has 0 fully saturated rings. The third-order valence-electron chi connectivity index (χ3n) is 8.95. The molecular weight excluding hydrogens is 624 g/mol. The molecule has 0 saturated carbocycles. The van der Waals surface area contributed by atoms with Crippen molar-refractivity contribution in [1.82, 2.24) is 0 Å². The van der Waals surface area contributed by atoms with Crippen molar-refractivity contribution in [2.75, 3.05) is 13.2 Å². The van der Waals surface area contributed by atoms with E-state index in [9.17, 15) is 19.8 Å². The highest BCUT2D eigenvalue weighted by molar-refractivity contribution is 5.70. The lowest BCUT2D eigenvalue weighted by Gasteiger charge is -2.15. The Morgan fingerprint density at radius 2 is 1.20 bits per heavy atom. The summed E-state index contributed by atoms with van der Waals surface area (Å²) in [7, 11) is 0. The van der Waals surface area contributed by atoms with Crippen molar-refractivity contribution < 1.29 is 29.3 Å². The number of aliphatic hydroxyl groups is 2. The Morgan fingerprint density at radius 3 is 1.82 bits per heavy atom. The van der Waals surface area contributed by atoms with Crippen LogP contribution in [-0.2, 0) is 19.1 Å². The summed E-state index contributed by atoms with van der Waals surface area (Å²) in [5.41, 5.74) is 0. The summed E-state index contributed by atoms with van der Waals surface area (Å²) in [5, 5.41) is 19.5. The van der Waals surface area contributed by atoms with Gasteiger partial charge in [-0.2, -0.15) is 0 Å². The van der Waals surface area contributed by atoms with Crippen molar-refractivity contribution in [3.8, 4) is 0 Å². The van der Waals surface area contributed by atoms with Gasteiger partial charge < -0.3 is 19.7 Å². The van der Waals surface area contributed by atoms with Gasteiger partial charge in [-0.15, -0.1) is 0 Å². The summed E-state index contributed by atoms with van der Waals surface area (Å²) in [4.78, 5) is 24.3. The molecule has 0 bridgehead atoms. The molecule has 0 aromatic carbocycles. The van der Waals surface area contributed by atoms with Crippen LogP contribution >= 0.6 is 0 Å². The normalized spacial score (nSPS) is 14.1. The molecule has 0 aromatic heterocycles. The summed E-state index contributed by atoms with van der Waals surface area (Å²) in [6.45, 7) is 6.28. The van der Waals surface area contributed by atoms with Crippen LogP contribution in [0.25, 0.3) is 0 Å². The van der Waals surface area contributed by atoms with Gasteiger partial charge in [0, 0.05) is 12.8 Å². The zero-order chi connectivity index (χ0) is 36.8. The number of aliphatic hydroxyl groups excluding tert-OH is 2. The Labute approximate surface area is 307 Å². The average molecular weight is 701 g/mol. The first-order valence-corrected chi connectivity index (χ1v) is 20.3. The molecule has 0 aliphatic rings. The molecule has 288 valence electrons. The standard InChI is InChI=1S/C44H76O6/c1-4-6-7-8-24-29-34-41(46)35-30-25-20-17-18-22-27-32-37-44(48)50-42(38-45)39-49-43(47)36-31-26-21-16-14-12-10-9-11-13-15-19-23-28-33-40(3)5-2/h6-7,18,20,22,24-25,29-30,35,40-42,45-46H,4-5,8-17,19,21,23,26-28,31-34,36-39H2,1-3H3/b7-6-,22-18-,25-20-,29-24-,35-30+/t40?,41?,42-/m0/s1. The molecule has 50 heavy (non-hydrogen) atoms. The topological polar surface area (TPSA) is 93.1 Å². The average Bonchev–Trinajstić information content (AvgIpc) is 3.11. The molecule has 0 amide bonds. The zero-order valence-corrected chi connectivity index (χ0v) is 32.4. The molecule has 0 aliphatic carbocycles. The Hall–Kier alpha value is -2.44. The Kier molecular flexibility index (Phi) is 36.0. The molecule has 0 saturated heterocycles. The summed E-state index contributed by atoms with van der Waals surface area (Å²) >= 11 is 0. The van der Waals surface area contributed by atoms with Gasteiger partial charge in [-0.25, -0.2) is 0 Å². The van der Waals surface area contributed by atoms with Crippen molar-refractivity contribution in [3.05, 3.63) is 60.8 Å². The van der Waals surface area contributed by atoms with Gasteiger partial charge in [-0.1, -0.05) is 178 Å². The fourth-order valence-electron chi connectivity index (χ4n) is 5.47. The van der Waals surface area contributed by atoms with Crippen LogP contribution in [0.1, 0.15) is 175 Å². The fourth-order valence-corrected chi connectivity index (χ4v) is 5.47. The first-order valence-electron chi connectivity index (χ1n) is 20.3. The third kappa shape index (κ3) is 35.4. The van der Waals surface area contributed by atoms with E-state index < -0.39 is 18.2 Å². The van der Waals surface area contributed by atoms with Crippen LogP contribution in [0, 0.1) is 5.92 Å². The highest BCUT2D eigenvalue weighted by Gasteiger charge is 2.16. The molecular formula is C44H76O6. The van der Waals surface area contributed by atoms with Gasteiger partial charge in [0.2, 0.25) is 0 Å². The van der Waals surface area contributed by atoms with Gasteiger partial charge >= 0.3 is 11.9 Å². The van der Waals surface area contributed by atoms with E-state index in [1.54, 1.807) is 6.08 Å². The first-order chi connectivity index (χ1) is 24.4. The van der Waals surface area contributed by atoms with Crippen molar-refractivity contribution >= 4 is 11.9 Å². The van der Waals surface area contributed by atoms with E-state index in [1.807, 2.05) is 36.5 Å². The van der Waals surface area contributed by atoms with Crippen LogP contribution in [0.4, 0.5) is 0 Å². The highest BCUT2D eigenvalue weighted by atomic mass is 16.6.